The zero-order valence-corrected chi connectivity index (χ0v) is 31.0. The number of amides is 3. The molecule has 5 N–H and O–H groups in total. The molecule has 0 spiro atoms. The van der Waals surface area contributed by atoms with E-state index in [2.05, 4.69) is 10.6 Å². The first-order valence-electron chi connectivity index (χ1n) is 17.5. The fraction of sp³-hybridized carbons (Fsp3) is 0.300. The number of likely N-dealkylation sites (tertiary alicyclic amines) is 1. The van der Waals surface area contributed by atoms with Gasteiger partial charge in [0.1, 0.15) is 40.7 Å². The maximum Gasteiger partial charge on any atom is 0.439 e. The van der Waals surface area contributed by atoms with E-state index in [0.29, 0.717) is 42.0 Å². The van der Waals surface area contributed by atoms with E-state index in [-0.39, 0.29) is 18.8 Å². The second kappa shape index (κ2) is 17.3. The summed E-state index contributed by atoms with van der Waals surface area (Å²) in [7, 11) is -4.19. The zero-order valence-electron chi connectivity index (χ0n) is 30.1. The monoisotopic (exact) mass is 739 g/mol. The molecule has 0 saturated carbocycles. The molecule has 1 saturated heterocycles. The number of benzene rings is 4. The highest BCUT2D eigenvalue weighted by Gasteiger charge is 2.43. The molecule has 0 aromatic heterocycles. The maximum atomic E-state index is 15.1. The minimum atomic E-state index is -4.19. The van der Waals surface area contributed by atoms with Crippen molar-refractivity contribution in [1.82, 2.24) is 15.5 Å². The minimum absolute atomic E-state index is 0.136. The SMILES string of the molecule is CC(C)(C)OC(=O)N[C@H](Cc1ccccc1)C(=O)N1CCC[C@H]1C(=O)NCC(c1ccc(C(=N)N)cc1)P(=O)(Oc1ccccc1)Oc1ccccc1. The molecule has 0 bridgehead atoms. The second-order valence-electron chi connectivity index (χ2n) is 13.7. The Hall–Kier alpha value is -5.61. The Labute approximate surface area is 310 Å². The summed E-state index contributed by atoms with van der Waals surface area (Å²) in [6, 6.07) is 31.3. The molecule has 1 fully saturated rings. The zero-order chi connectivity index (χ0) is 38.0. The lowest BCUT2D eigenvalue weighted by molar-refractivity contribution is -0.140. The van der Waals surface area contributed by atoms with Crippen LogP contribution in [0.4, 0.5) is 4.79 Å². The Balaban J connectivity index is 1.42. The molecule has 278 valence electrons. The fourth-order valence-electron chi connectivity index (χ4n) is 6.02. The van der Waals surface area contributed by atoms with Crippen LogP contribution in [0.1, 0.15) is 56.0 Å². The van der Waals surface area contributed by atoms with Crippen molar-refractivity contribution in [2.75, 3.05) is 13.1 Å². The van der Waals surface area contributed by atoms with Gasteiger partial charge in [-0.15, -0.1) is 0 Å². The molecular weight excluding hydrogens is 693 g/mol. The van der Waals surface area contributed by atoms with E-state index in [1.165, 1.54) is 4.90 Å². The van der Waals surface area contributed by atoms with Crippen molar-refractivity contribution in [2.45, 2.75) is 63.4 Å². The molecule has 12 nitrogen and oxygen atoms in total. The summed E-state index contributed by atoms with van der Waals surface area (Å²) in [5, 5.41) is 13.5. The number of nitrogen functional groups attached to an aromatic ring is 1. The van der Waals surface area contributed by atoms with E-state index >= 15 is 4.57 Å². The van der Waals surface area contributed by atoms with Gasteiger partial charge in [-0.05, 0) is 69.0 Å². The van der Waals surface area contributed by atoms with Crippen LogP contribution in [0, 0.1) is 5.41 Å². The van der Waals surface area contributed by atoms with Crippen molar-refractivity contribution in [2.24, 2.45) is 5.73 Å². The third kappa shape index (κ3) is 10.7. The molecular formula is C40H46N5O7P. The Morgan fingerprint density at radius 3 is 1.94 bits per heavy atom. The quantitative estimate of drug-likeness (QED) is 0.0636. The van der Waals surface area contributed by atoms with Crippen molar-refractivity contribution >= 4 is 31.3 Å². The summed E-state index contributed by atoms with van der Waals surface area (Å²) in [4.78, 5) is 42.5. The van der Waals surface area contributed by atoms with Crippen molar-refractivity contribution in [3.63, 3.8) is 0 Å². The topological polar surface area (TPSA) is 173 Å². The smallest absolute Gasteiger partial charge is 0.439 e. The van der Waals surface area contributed by atoms with Crippen molar-refractivity contribution < 1.29 is 32.7 Å². The predicted molar refractivity (Wildman–Crippen MR) is 203 cm³/mol. The minimum Gasteiger partial charge on any atom is -0.444 e. The van der Waals surface area contributed by atoms with Crippen molar-refractivity contribution in [3.8, 4) is 11.5 Å². The molecule has 1 aliphatic rings. The van der Waals surface area contributed by atoms with Crippen LogP contribution < -0.4 is 25.4 Å². The first-order chi connectivity index (χ1) is 25.3. The molecule has 5 rings (SSSR count). The summed E-state index contributed by atoms with van der Waals surface area (Å²) in [6.45, 7) is 5.33. The summed E-state index contributed by atoms with van der Waals surface area (Å²) >= 11 is 0. The van der Waals surface area contributed by atoms with E-state index in [0.717, 1.165) is 5.56 Å². The molecule has 1 heterocycles. The third-order valence-electron chi connectivity index (χ3n) is 8.52. The number of amidine groups is 1. The van der Waals surface area contributed by atoms with Gasteiger partial charge in [-0.3, -0.25) is 15.0 Å². The molecule has 4 aromatic carbocycles. The lowest BCUT2D eigenvalue weighted by Gasteiger charge is -2.31. The number of carbonyl (C=O) groups is 3. The van der Waals surface area contributed by atoms with Gasteiger partial charge >= 0.3 is 13.7 Å². The molecule has 53 heavy (non-hydrogen) atoms. The Morgan fingerprint density at radius 1 is 0.868 bits per heavy atom. The molecule has 13 heteroatoms. The summed E-state index contributed by atoms with van der Waals surface area (Å²) < 4.78 is 32.9. The summed E-state index contributed by atoms with van der Waals surface area (Å²) in [6.07, 6.45) is 0.410. The predicted octanol–water partition coefficient (Wildman–Crippen LogP) is 6.61. The Morgan fingerprint density at radius 2 is 1.42 bits per heavy atom. The van der Waals surface area contributed by atoms with E-state index in [9.17, 15) is 14.4 Å². The summed E-state index contributed by atoms with van der Waals surface area (Å²) in [5.41, 5.74) is 5.70. The number of hydrogen-bond acceptors (Lipinski definition) is 8. The third-order valence-corrected chi connectivity index (χ3v) is 10.7. The molecule has 4 aromatic rings. The van der Waals surface area contributed by atoms with Gasteiger partial charge in [-0.2, -0.15) is 0 Å². The van der Waals surface area contributed by atoms with Crippen LogP contribution in [0.25, 0.3) is 0 Å². The number of alkyl carbamates (subject to hydrolysis) is 1. The standard InChI is InChI=1S/C40H46N5O7P/c1-40(2,3)50-39(48)44-33(26-28-14-7-4-8-15-28)38(47)45-25-13-20-34(45)37(46)43-27-35(29-21-23-30(24-22-29)36(41)42)53(49,51-31-16-9-5-10-17-31)52-32-18-11-6-12-19-32/h4-12,14-19,21-24,33-35H,13,20,25-27H2,1-3H3,(H3,41,42)(H,43,46)(H,44,48)/t33-,34+,35?/m1/s1. The maximum absolute atomic E-state index is 15.1. The highest BCUT2D eigenvalue weighted by molar-refractivity contribution is 7.55. The fourth-order valence-corrected chi connectivity index (χ4v) is 7.99. The summed E-state index contributed by atoms with van der Waals surface area (Å²) in [5.74, 6) is -0.401. The van der Waals surface area contributed by atoms with E-state index in [4.69, 9.17) is 24.9 Å². The lowest BCUT2D eigenvalue weighted by atomic mass is 10.0. The number of carbonyl (C=O) groups excluding carboxylic acids is 3. The number of rotatable bonds is 14. The van der Waals surface area contributed by atoms with Crippen LogP contribution >= 0.6 is 7.60 Å². The number of nitrogens with zero attached hydrogens (tertiary/aromatic N) is 1. The van der Waals surface area contributed by atoms with Gasteiger partial charge < -0.3 is 35.1 Å². The molecule has 1 aliphatic heterocycles. The van der Waals surface area contributed by atoms with E-state index in [1.807, 2.05) is 30.3 Å². The first kappa shape index (κ1) is 38.6. The molecule has 3 atom stereocenters. The van der Waals surface area contributed by atoms with Gasteiger partial charge in [-0.1, -0.05) is 91.0 Å². The van der Waals surface area contributed by atoms with Crippen molar-refractivity contribution in [3.05, 3.63) is 132 Å². The normalized spacial score (nSPS) is 15.5. The number of ether oxygens (including phenoxy) is 1. The number of hydrogen-bond donors (Lipinski definition) is 4. The van der Waals surface area contributed by atoms with Crippen LogP contribution in [-0.4, -0.2) is 59.4 Å². The van der Waals surface area contributed by atoms with Gasteiger partial charge in [0, 0.05) is 25.1 Å². The number of para-hydroxylation sites is 2. The first-order valence-corrected chi connectivity index (χ1v) is 19.1. The average Bonchev–Trinajstić information content (AvgIpc) is 3.62. The van der Waals surface area contributed by atoms with Crippen LogP contribution in [0.2, 0.25) is 0 Å². The highest BCUT2D eigenvalue weighted by atomic mass is 31.2. The van der Waals surface area contributed by atoms with Crippen LogP contribution in [0.5, 0.6) is 11.5 Å². The molecule has 0 aliphatic carbocycles. The van der Waals surface area contributed by atoms with Gasteiger partial charge in [0.25, 0.3) is 0 Å². The molecule has 0 radical (unpaired) electrons. The van der Waals surface area contributed by atoms with E-state index in [1.54, 1.807) is 106 Å². The van der Waals surface area contributed by atoms with Gasteiger partial charge in [-0.25, -0.2) is 9.36 Å². The van der Waals surface area contributed by atoms with Crippen LogP contribution in [0.15, 0.2) is 115 Å². The Kier molecular flexibility index (Phi) is 12.6. The highest BCUT2D eigenvalue weighted by Crippen LogP contribution is 2.60. The van der Waals surface area contributed by atoms with Crippen molar-refractivity contribution in [1.29, 1.82) is 5.41 Å². The molecule has 1 unspecified atom stereocenters. The van der Waals surface area contributed by atoms with Gasteiger partial charge in [0.2, 0.25) is 11.8 Å². The van der Waals surface area contributed by atoms with Gasteiger partial charge in [0.15, 0.2) is 0 Å². The number of nitrogens with two attached hydrogens (primary N) is 1. The average molecular weight is 740 g/mol. The molecule has 3 amide bonds. The largest absolute Gasteiger partial charge is 0.444 e. The van der Waals surface area contributed by atoms with Crippen LogP contribution in [-0.2, 0) is 25.3 Å². The van der Waals surface area contributed by atoms with Gasteiger partial charge in [0.05, 0.1) is 0 Å². The Bertz CT molecular complexity index is 1860. The van der Waals surface area contributed by atoms with Crippen LogP contribution in [0.3, 0.4) is 0 Å². The second-order valence-corrected chi connectivity index (χ2v) is 15.8. The van der Waals surface area contributed by atoms with E-state index < -0.39 is 48.8 Å². The lowest BCUT2D eigenvalue weighted by Crippen LogP contribution is -2.55. The number of nitrogens with one attached hydrogen (secondary N) is 3.